The minimum Gasteiger partial charge on any atom is -0.504 e. The standard InChI is InChI=1S/2C8H11NO2/c2*1-11-8-4-6(5-9)2-3-7(8)10/h2*2-4,10H,5,9H2,1H3. The highest BCUT2D eigenvalue weighted by molar-refractivity contribution is 5.42. The van der Waals surface area contributed by atoms with Crippen LogP contribution in [0.25, 0.3) is 0 Å². The molecule has 0 saturated carbocycles. The van der Waals surface area contributed by atoms with Crippen LogP contribution in [-0.2, 0) is 13.1 Å². The molecule has 0 atom stereocenters. The van der Waals surface area contributed by atoms with Crippen molar-refractivity contribution in [3.8, 4) is 23.0 Å². The first-order valence-corrected chi connectivity index (χ1v) is 6.67. The van der Waals surface area contributed by atoms with E-state index in [2.05, 4.69) is 0 Å². The highest BCUT2D eigenvalue weighted by atomic mass is 16.5. The highest BCUT2D eigenvalue weighted by Gasteiger charge is 2.00. The summed E-state index contributed by atoms with van der Waals surface area (Å²) in [5.74, 6) is 1.22. The predicted octanol–water partition coefficient (Wildman–Crippen LogP) is 1.72. The van der Waals surface area contributed by atoms with E-state index in [0.717, 1.165) is 11.1 Å². The topological polar surface area (TPSA) is 111 Å². The molecule has 120 valence electrons. The van der Waals surface area contributed by atoms with Crippen molar-refractivity contribution in [2.75, 3.05) is 14.2 Å². The molecule has 2 aromatic rings. The summed E-state index contributed by atoms with van der Waals surface area (Å²) in [5.41, 5.74) is 12.7. The Morgan fingerprint density at radius 1 is 0.773 bits per heavy atom. The molecule has 6 nitrogen and oxygen atoms in total. The van der Waals surface area contributed by atoms with Gasteiger partial charge >= 0.3 is 0 Å². The average Bonchev–Trinajstić information content (AvgIpc) is 2.56. The molecule has 0 aromatic heterocycles. The number of ether oxygens (including phenoxy) is 2. The van der Waals surface area contributed by atoms with Gasteiger partial charge in [0.15, 0.2) is 23.0 Å². The molecule has 0 bridgehead atoms. The molecular weight excluding hydrogens is 284 g/mol. The van der Waals surface area contributed by atoms with E-state index in [9.17, 15) is 0 Å². The number of benzene rings is 2. The van der Waals surface area contributed by atoms with Gasteiger partial charge in [-0.15, -0.1) is 0 Å². The van der Waals surface area contributed by atoms with Crippen molar-refractivity contribution in [1.82, 2.24) is 0 Å². The van der Waals surface area contributed by atoms with Gasteiger partial charge in [0.1, 0.15) is 0 Å². The Hall–Kier alpha value is -2.44. The van der Waals surface area contributed by atoms with Crippen LogP contribution in [0, 0.1) is 0 Å². The molecule has 0 aliphatic rings. The third-order valence-electron chi connectivity index (χ3n) is 2.96. The molecule has 0 aliphatic carbocycles. The van der Waals surface area contributed by atoms with Crippen molar-refractivity contribution >= 4 is 0 Å². The van der Waals surface area contributed by atoms with Gasteiger partial charge in [0.2, 0.25) is 0 Å². The van der Waals surface area contributed by atoms with Crippen molar-refractivity contribution < 1.29 is 19.7 Å². The molecule has 6 heteroatoms. The van der Waals surface area contributed by atoms with Crippen LogP contribution >= 0.6 is 0 Å². The van der Waals surface area contributed by atoms with Crippen LogP contribution in [-0.4, -0.2) is 24.4 Å². The summed E-state index contributed by atoms with van der Waals surface area (Å²) >= 11 is 0. The van der Waals surface area contributed by atoms with Crippen molar-refractivity contribution in [2.24, 2.45) is 11.5 Å². The van der Waals surface area contributed by atoms with Crippen LogP contribution in [0.5, 0.6) is 23.0 Å². The summed E-state index contributed by atoms with van der Waals surface area (Å²) in [7, 11) is 3.02. The maximum Gasteiger partial charge on any atom is 0.160 e. The van der Waals surface area contributed by atoms with E-state index in [4.69, 9.17) is 31.2 Å². The monoisotopic (exact) mass is 306 g/mol. The molecule has 0 amide bonds. The van der Waals surface area contributed by atoms with Gasteiger partial charge in [-0.25, -0.2) is 0 Å². The van der Waals surface area contributed by atoms with Crippen LogP contribution < -0.4 is 20.9 Å². The van der Waals surface area contributed by atoms with Gasteiger partial charge in [0.25, 0.3) is 0 Å². The molecule has 0 fully saturated rings. The summed E-state index contributed by atoms with van der Waals surface area (Å²) in [6.07, 6.45) is 0. The lowest BCUT2D eigenvalue weighted by Crippen LogP contribution is -1.96. The second-order valence-corrected chi connectivity index (χ2v) is 4.42. The molecule has 0 radical (unpaired) electrons. The van der Waals surface area contributed by atoms with Crippen LogP contribution in [0.15, 0.2) is 36.4 Å². The Labute approximate surface area is 129 Å². The van der Waals surface area contributed by atoms with E-state index < -0.39 is 0 Å². The second kappa shape index (κ2) is 8.76. The molecule has 2 rings (SSSR count). The maximum absolute atomic E-state index is 9.16. The largest absolute Gasteiger partial charge is 0.504 e. The Bertz CT molecular complexity index is 549. The minimum atomic E-state index is 0.143. The molecular formula is C16H22N2O4. The molecule has 0 aliphatic heterocycles. The third-order valence-corrected chi connectivity index (χ3v) is 2.96. The van der Waals surface area contributed by atoms with Gasteiger partial charge < -0.3 is 31.2 Å². The van der Waals surface area contributed by atoms with Crippen LogP contribution in [0.3, 0.4) is 0 Å². The summed E-state index contributed by atoms with van der Waals surface area (Å²) < 4.78 is 9.76. The second-order valence-electron chi connectivity index (χ2n) is 4.42. The number of hydrogen-bond donors (Lipinski definition) is 4. The summed E-state index contributed by atoms with van der Waals surface area (Å²) in [6.45, 7) is 0.910. The van der Waals surface area contributed by atoms with Crippen molar-refractivity contribution in [2.45, 2.75) is 13.1 Å². The van der Waals surface area contributed by atoms with Crippen LogP contribution in [0.4, 0.5) is 0 Å². The number of methoxy groups -OCH3 is 2. The zero-order chi connectivity index (χ0) is 16.5. The summed E-state index contributed by atoms with van der Waals surface area (Å²) in [6, 6.07) is 10.1. The Balaban J connectivity index is 0.000000220. The first kappa shape index (κ1) is 17.6. The van der Waals surface area contributed by atoms with Crippen molar-refractivity contribution in [3.63, 3.8) is 0 Å². The smallest absolute Gasteiger partial charge is 0.160 e. The van der Waals surface area contributed by atoms with Gasteiger partial charge in [-0.2, -0.15) is 0 Å². The average molecular weight is 306 g/mol. The zero-order valence-corrected chi connectivity index (χ0v) is 12.7. The van der Waals surface area contributed by atoms with E-state index in [1.54, 1.807) is 36.4 Å². The molecule has 0 saturated heterocycles. The first-order chi connectivity index (χ1) is 10.5. The molecule has 0 unspecified atom stereocenters. The lowest BCUT2D eigenvalue weighted by atomic mass is 10.2. The van der Waals surface area contributed by atoms with Gasteiger partial charge in [-0.3, -0.25) is 0 Å². The summed E-state index contributed by atoms with van der Waals surface area (Å²) in [5, 5.41) is 18.3. The van der Waals surface area contributed by atoms with E-state index >= 15 is 0 Å². The van der Waals surface area contributed by atoms with Gasteiger partial charge in [0, 0.05) is 13.1 Å². The fraction of sp³-hybridized carbons (Fsp3) is 0.250. The number of rotatable bonds is 4. The van der Waals surface area contributed by atoms with E-state index in [1.807, 2.05) is 0 Å². The molecule has 2 aromatic carbocycles. The number of phenolic OH excluding ortho intramolecular Hbond substituents is 2. The number of hydrogen-bond acceptors (Lipinski definition) is 6. The van der Waals surface area contributed by atoms with Crippen molar-refractivity contribution in [3.05, 3.63) is 47.5 Å². The molecule has 0 heterocycles. The van der Waals surface area contributed by atoms with E-state index in [-0.39, 0.29) is 11.5 Å². The maximum atomic E-state index is 9.16. The quantitative estimate of drug-likeness (QED) is 0.684. The number of nitrogens with two attached hydrogens (primary N) is 2. The minimum absolute atomic E-state index is 0.143. The first-order valence-electron chi connectivity index (χ1n) is 6.67. The van der Waals surface area contributed by atoms with Crippen LogP contribution in [0.1, 0.15) is 11.1 Å². The van der Waals surface area contributed by atoms with Crippen LogP contribution in [0.2, 0.25) is 0 Å². The number of aromatic hydroxyl groups is 2. The summed E-state index contributed by atoms with van der Waals surface area (Å²) in [4.78, 5) is 0. The lowest BCUT2D eigenvalue weighted by molar-refractivity contribution is 0.373. The SMILES string of the molecule is COc1cc(CN)ccc1O.COc1cc(CN)ccc1O. The third kappa shape index (κ3) is 4.83. The lowest BCUT2D eigenvalue weighted by Gasteiger charge is -2.03. The van der Waals surface area contributed by atoms with Gasteiger partial charge in [-0.1, -0.05) is 12.1 Å². The zero-order valence-electron chi connectivity index (χ0n) is 12.7. The van der Waals surface area contributed by atoms with E-state index in [1.165, 1.54) is 14.2 Å². The van der Waals surface area contributed by atoms with Gasteiger partial charge in [0.05, 0.1) is 14.2 Å². The molecule has 0 spiro atoms. The molecule has 22 heavy (non-hydrogen) atoms. The Morgan fingerprint density at radius 2 is 1.14 bits per heavy atom. The van der Waals surface area contributed by atoms with Crippen molar-refractivity contribution in [1.29, 1.82) is 0 Å². The molecule has 6 N–H and O–H groups in total. The fourth-order valence-corrected chi connectivity index (χ4v) is 1.70. The normalized spacial score (nSPS) is 9.64. The highest BCUT2D eigenvalue weighted by Crippen LogP contribution is 2.26. The van der Waals surface area contributed by atoms with Gasteiger partial charge in [-0.05, 0) is 35.4 Å². The predicted molar refractivity (Wildman–Crippen MR) is 85.1 cm³/mol. The Morgan fingerprint density at radius 3 is 1.41 bits per heavy atom. The fourth-order valence-electron chi connectivity index (χ4n) is 1.70. The number of phenols is 2. The van der Waals surface area contributed by atoms with E-state index in [0.29, 0.717) is 24.6 Å². The Kier molecular flexibility index (Phi) is 7.01.